The van der Waals surface area contributed by atoms with E-state index >= 15 is 0 Å². The van der Waals surface area contributed by atoms with E-state index in [2.05, 4.69) is 10.1 Å². The number of aryl methyl sites for hydroxylation is 2. The predicted octanol–water partition coefficient (Wildman–Crippen LogP) is 3.07. The summed E-state index contributed by atoms with van der Waals surface area (Å²) in [5.74, 6) is -0.402. The first-order valence-corrected chi connectivity index (χ1v) is 8.70. The highest BCUT2D eigenvalue weighted by Gasteiger charge is 2.35. The van der Waals surface area contributed by atoms with Crippen LogP contribution in [-0.4, -0.2) is 45.3 Å². The largest absolute Gasteiger partial charge is 0.477 e. The van der Waals surface area contributed by atoms with Crippen LogP contribution in [0.4, 0.5) is 13.2 Å². The zero-order chi connectivity index (χ0) is 19.6. The Morgan fingerprint density at radius 1 is 1.33 bits per heavy atom. The van der Waals surface area contributed by atoms with Crippen molar-refractivity contribution in [2.24, 2.45) is 13.0 Å². The van der Waals surface area contributed by atoms with Crippen LogP contribution >= 0.6 is 0 Å². The van der Waals surface area contributed by atoms with E-state index in [4.69, 9.17) is 4.74 Å². The Kier molecular flexibility index (Phi) is 5.38. The van der Waals surface area contributed by atoms with E-state index in [0.717, 1.165) is 11.8 Å². The third-order valence-corrected chi connectivity index (χ3v) is 4.66. The maximum Gasteiger partial charge on any atom is 0.421 e. The number of nitrogens with zero attached hydrogens (tertiary/aromatic N) is 4. The number of likely N-dealkylation sites (tertiary alicyclic amines) is 1. The second-order valence-corrected chi connectivity index (χ2v) is 6.70. The summed E-state index contributed by atoms with van der Waals surface area (Å²) in [7, 11) is 1.73. The first kappa shape index (κ1) is 19.2. The lowest BCUT2D eigenvalue weighted by atomic mass is 9.97. The number of rotatable bonds is 4. The molecular formula is C18H21F3N4O2. The van der Waals surface area contributed by atoms with Gasteiger partial charge in [0.15, 0.2) is 0 Å². The molecule has 0 atom stereocenters. The molecule has 3 rings (SSSR count). The number of hydrogen-bond acceptors (Lipinski definition) is 4. The molecule has 2 aromatic heterocycles. The van der Waals surface area contributed by atoms with Crippen molar-refractivity contribution < 1.29 is 22.7 Å². The summed E-state index contributed by atoms with van der Waals surface area (Å²) in [6, 6.07) is 3.94. The van der Waals surface area contributed by atoms with Crippen molar-refractivity contribution in [2.45, 2.75) is 25.9 Å². The molecule has 1 aliphatic heterocycles. The zero-order valence-electron chi connectivity index (χ0n) is 15.2. The second kappa shape index (κ2) is 7.58. The molecule has 0 unspecified atom stereocenters. The van der Waals surface area contributed by atoms with Crippen molar-refractivity contribution in [1.29, 1.82) is 0 Å². The molecule has 0 aliphatic carbocycles. The summed E-state index contributed by atoms with van der Waals surface area (Å²) in [6.45, 7) is 3.04. The van der Waals surface area contributed by atoms with Gasteiger partial charge in [0.05, 0.1) is 12.3 Å². The Morgan fingerprint density at radius 2 is 2.04 bits per heavy atom. The Bertz CT molecular complexity index is 811. The Morgan fingerprint density at radius 3 is 2.63 bits per heavy atom. The van der Waals surface area contributed by atoms with Crippen LogP contribution in [-0.2, 0) is 13.2 Å². The molecule has 0 N–H and O–H groups in total. The van der Waals surface area contributed by atoms with Crippen LogP contribution < -0.4 is 4.74 Å². The van der Waals surface area contributed by atoms with Crippen molar-refractivity contribution in [3.05, 3.63) is 41.3 Å². The van der Waals surface area contributed by atoms with Crippen LogP contribution in [0, 0.1) is 12.8 Å². The molecule has 0 spiro atoms. The first-order valence-electron chi connectivity index (χ1n) is 8.70. The van der Waals surface area contributed by atoms with E-state index in [-0.39, 0.29) is 18.4 Å². The zero-order valence-corrected chi connectivity index (χ0v) is 15.2. The fraction of sp³-hybridized carbons (Fsp3) is 0.500. The minimum Gasteiger partial charge on any atom is -0.477 e. The Balaban J connectivity index is 1.55. The lowest BCUT2D eigenvalue weighted by Gasteiger charge is -2.31. The lowest BCUT2D eigenvalue weighted by molar-refractivity contribution is -0.139. The van der Waals surface area contributed by atoms with Crippen molar-refractivity contribution in [3.63, 3.8) is 0 Å². The van der Waals surface area contributed by atoms with Gasteiger partial charge in [0.25, 0.3) is 5.91 Å². The van der Waals surface area contributed by atoms with Gasteiger partial charge in [0.1, 0.15) is 11.3 Å². The van der Waals surface area contributed by atoms with Crippen molar-refractivity contribution in [3.8, 4) is 5.88 Å². The molecular weight excluding hydrogens is 361 g/mol. The topological polar surface area (TPSA) is 60.3 Å². The molecule has 27 heavy (non-hydrogen) atoms. The fourth-order valence-corrected chi connectivity index (χ4v) is 3.19. The number of carbonyl (C=O) groups is 1. The minimum atomic E-state index is -4.50. The molecule has 0 saturated carbocycles. The van der Waals surface area contributed by atoms with E-state index in [0.29, 0.717) is 31.6 Å². The summed E-state index contributed by atoms with van der Waals surface area (Å²) in [5, 5.41) is 4.18. The molecule has 2 aromatic rings. The van der Waals surface area contributed by atoms with Crippen LogP contribution in [0.2, 0.25) is 0 Å². The number of alkyl halides is 3. The molecule has 3 heterocycles. The average molecular weight is 382 g/mol. The molecule has 1 aliphatic rings. The summed E-state index contributed by atoms with van der Waals surface area (Å²) < 4.78 is 45.9. The van der Waals surface area contributed by atoms with E-state index in [9.17, 15) is 18.0 Å². The summed E-state index contributed by atoms with van der Waals surface area (Å²) in [5.41, 5.74) is 0.440. The fourth-order valence-electron chi connectivity index (χ4n) is 3.19. The van der Waals surface area contributed by atoms with Crippen LogP contribution in [0.1, 0.15) is 34.6 Å². The van der Waals surface area contributed by atoms with Gasteiger partial charge in [-0.2, -0.15) is 18.3 Å². The molecule has 1 fully saturated rings. The smallest absolute Gasteiger partial charge is 0.421 e. The number of piperidine rings is 1. The monoisotopic (exact) mass is 382 g/mol. The summed E-state index contributed by atoms with van der Waals surface area (Å²) in [4.78, 5) is 18.0. The highest BCUT2D eigenvalue weighted by Crippen LogP contribution is 2.35. The van der Waals surface area contributed by atoms with Crippen LogP contribution in [0.25, 0.3) is 0 Å². The van der Waals surface area contributed by atoms with Gasteiger partial charge in [-0.05, 0) is 43.9 Å². The maximum atomic E-state index is 13.0. The van der Waals surface area contributed by atoms with Gasteiger partial charge in [-0.25, -0.2) is 4.98 Å². The molecule has 0 radical (unpaired) electrons. The van der Waals surface area contributed by atoms with Crippen molar-refractivity contribution in [1.82, 2.24) is 19.7 Å². The van der Waals surface area contributed by atoms with Gasteiger partial charge in [-0.15, -0.1) is 0 Å². The maximum absolute atomic E-state index is 13.0. The highest BCUT2D eigenvalue weighted by atomic mass is 19.4. The minimum absolute atomic E-state index is 0.0745. The molecule has 0 bridgehead atoms. The van der Waals surface area contributed by atoms with E-state index in [1.165, 1.54) is 12.3 Å². The van der Waals surface area contributed by atoms with Gasteiger partial charge in [-0.3, -0.25) is 9.48 Å². The molecule has 0 aromatic carbocycles. The molecule has 1 amide bonds. The van der Waals surface area contributed by atoms with Gasteiger partial charge in [0.2, 0.25) is 5.88 Å². The Hall–Kier alpha value is -2.58. The Labute approximate surface area is 154 Å². The standard InChI is InChI=1S/C18H21F3N4O2/c1-12-10-15(24(2)23-12)17(26)25-8-5-13(6-9-25)11-27-16-14(18(19,20)21)4-3-7-22-16/h3-4,7,10,13H,5-6,8-9,11H2,1-2H3. The lowest BCUT2D eigenvalue weighted by Crippen LogP contribution is -2.40. The third-order valence-electron chi connectivity index (χ3n) is 4.66. The summed E-state index contributed by atoms with van der Waals surface area (Å²) >= 11 is 0. The second-order valence-electron chi connectivity index (χ2n) is 6.70. The number of carbonyl (C=O) groups excluding carboxylic acids is 1. The normalized spacial score (nSPS) is 15.8. The van der Waals surface area contributed by atoms with E-state index < -0.39 is 17.6 Å². The molecule has 9 heteroatoms. The molecule has 6 nitrogen and oxygen atoms in total. The average Bonchev–Trinajstić information content (AvgIpc) is 2.97. The number of halogens is 3. The predicted molar refractivity (Wildman–Crippen MR) is 91.3 cm³/mol. The number of aromatic nitrogens is 3. The van der Waals surface area contributed by atoms with Crippen LogP contribution in [0.15, 0.2) is 24.4 Å². The van der Waals surface area contributed by atoms with Gasteiger partial charge in [0, 0.05) is 26.3 Å². The van der Waals surface area contributed by atoms with Gasteiger partial charge in [-0.1, -0.05) is 0 Å². The SMILES string of the molecule is Cc1cc(C(=O)N2CCC(COc3ncccc3C(F)(F)F)CC2)n(C)n1. The van der Waals surface area contributed by atoms with E-state index in [1.807, 2.05) is 6.92 Å². The van der Waals surface area contributed by atoms with Gasteiger partial charge < -0.3 is 9.64 Å². The highest BCUT2D eigenvalue weighted by molar-refractivity contribution is 5.92. The number of ether oxygens (including phenoxy) is 1. The van der Waals surface area contributed by atoms with Crippen molar-refractivity contribution >= 4 is 5.91 Å². The van der Waals surface area contributed by atoms with Crippen LogP contribution in [0.3, 0.4) is 0 Å². The first-order chi connectivity index (χ1) is 12.8. The number of amides is 1. The number of pyridine rings is 1. The summed E-state index contributed by atoms with van der Waals surface area (Å²) in [6.07, 6.45) is -1.89. The van der Waals surface area contributed by atoms with E-state index in [1.54, 1.807) is 22.7 Å². The van der Waals surface area contributed by atoms with Crippen LogP contribution in [0.5, 0.6) is 5.88 Å². The molecule has 1 saturated heterocycles. The number of hydrogen-bond donors (Lipinski definition) is 0. The molecule has 146 valence electrons. The van der Waals surface area contributed by atoms with Crippen molar-refractivity contribution in [2.75, 3.05) is 19.7 Å². The van der Waals surface area contributed by atoms with Gasteiger partial charge >= 0.3 is 6.18 Å². The quantitative estimate of drug-likeness (QED) is 0.816. The third kappa shape index (κ3) is 4.40.